The molecule has 2 heterocycles. The van der Waals surface area contributed by atoms with E-state index in [4.69, 9.17) is 11.6 Å². The number of carbonyl (C=O) groups excluding carboxylic acids is 2. The zero-order valence-electron chi connectivity index (χ0n) is 18.4. The van der Waals surface area contributed by atoms with Crippen LogP contribution in [0.15, 0.2) is 12.1 Å². The fourth-order valence-corrected chi connectivity index (χ4v) is 5.04. The normalized spacial score (nSPS) is 21.4. The Morgan fingerprint density at radius 3 is 2.50 bits per heavy atom. The molecule has 6 nitrogen and oxygen atoms in total. The van der Waals surface area contributed by atoms with Gasteiger partial charge in [-0.15, -0.1) is 0 Å². The van der Waals surface area contributed by atoms with E-state index >= 15 is 0 Å². The minimum Gasteiger partial charge on any atom is -0.338 e. The second-order valence-electron chi connectivity index (χ2n) is 9.58. The fourth-order valence-electron chi connectivity index (χ4n) is 4.87. The molecule has 34 heavy (non-hydrogen) atoms. The molecular weight excluding hydrogens is 476 g/mol. The summed E-state index contributed by atoms with van der Waals surface area (Å²) in [5.41, 5.74) is -0.631. The number of amides is 1. The zero-order valence-corrected chi connectivity index (χ0v) is 19.2. The molecule has 0 saturated heterocycles. The predicted octanol–water partition coefficient (Wildman–Crippen LogP) is 4.19. The van der Waals surface area contributed by atoms with Crippen LogP contribution in [0.1, 0.15) is 48.3 Å². The van der Waals surface area contributed by atoms with Gasteiger partial charge in [0, 0.05) is 37.9 Å². The molecule has 0 unspecified atom stereocenters. The Balaban J connectivity index is 1.49. The summed E-state index contributed by atoms with van der Waals surface area (Å²) in [4.78, 5) is 32.5. The number of alkyl halides is 2. The lowest BCUT2D eigenvalue weighted by Gasteiger charge is -2.36. The maximum Gasteiger partial charge on any atom is 0.272 e. The number of rotatable bonds is 5. The Morgan fingerprint density at radius 2 is 1.85 bits per heavy atom. The molecular formula is C23H23ClF4N4O2. The topological polar surface area (TPSA) is 67.2 Å². The Bertz CT molecular complexity index is 1190. The largest absolute Gasteiger partial charge is 0.338 e. The number of ketones is 1. The molecule has 2 aromatic rings. The SMILES string of the molecule is CN1CCCn2c(-c3cc(Cl)c(F)cc3F)nc(C(=O)NC3(C(=O)C4CC(F)(F)C4)CC3)c2C1. The first-order valence-electron chi connectivity index (χ1n) is 11.2. The van der Waals surface area contributed by atoms with Gasteiger partial charge in [0.15, 0.2) is 11.5 Å². The summed E-state index contributed by atoms with van der Waals surface area (Å²) >= 11 is 5.89. The van der Waals surface area contributed by atoms with E-state index in [-0.39, 0.29) is 27.9 Å². The number of halogens is 5. The van der Waals surface area contributed by atoms with Crippen LogP contribution in [0.2, 0.25) is 5.02 Å². The van der Waals surface area contributed by atoms with Gasteiger partial charge in [0.25, 0.3) is 5.91 Å². The fraction of sp³-hybridized carbons (Fsp3) is 0.522. The van der Waals surface area contributed by atoms with Crippen molar-refractivity contribution in [2.75, 3.05) is 13.6 Å². The van der Waals surface area contributed by atoms with E-state index in [1.807, 2.05) is 11.9 Å². The van der Waals surface area contributed by atoms with Crippen molar-refractivity contribution < 1.29 is 27.2 Å². The number of nitrogens with zero attached hydrogens (tertiary/aromatic N) is 3. The van der Waals surface area contributed by atoms with Gasteiger partial charge in [0.1, 0.15) is 17.5 Å². The van der Waals surface area contributed by atoms with Crippen molar-refractivity contribution in [3.05, 3.63) is 40.2 Å². The van der Waals surface area contributed by atoms with Crippen LogP contribution in [0.4, 0.5) is 17.6 Å². The molecule has 1 aliphatic heterocycles. The third-order valence-electron chi connectivity index (χ3n) is 6.92. The molecule has 0 bridgehead atoms. The standard InChI is InChI=1S/C23H23ClF4N4O2/c1-31-5-2-6-32-17(11-31)18(29-20(32)13-7-14(24)16(26)8-15(13)25)21(34)30-22(3-4-22)19(33)12-9-23(27,28)10-12/h7-8,12H,2-6,9-11H2,1H3,(H,30,34). The first kappa shape index (κ1) is 23.3. The number of aromatic nitrogens is 2. The number of hydrogen-bond acceptors (Lipinski definition) is 4. The predicted molar refractivity (Wildman–Crippen MR) is 116 cm³/mol. The Kier molecular flexibility index (Phi) is 5.51. The summed E-state index contributed by atoms with van der Waals surface area (Å²) in [6.07, 6.45) is 0.476. The maximum atomic E-state index is 14.7. The quantitative estimate of drug-likeness (QED) is 0.496. The van der Waals surface area contributed by atoms with Crippen LogP contribution < -0.4 is 5.32 Å². The monoisotopic (exact) mass is 498 g/mol. The molecule has 0 spiro atoms. The lowest BCUT2D eigenvalue weighted by atomic mass is 9.76. The van der Waals surface area contributed by atoms with Gasteiger partial charge in [-0.05, 0) is 38.9 Å². The number of Topliss-reactive ketones (excluding diaryl/α,β-unsaturated/α-hetero) is 1. The number of nitrogens with one attached hydrogen (secondary N) is 1. The van der Waals surface area contributed by atoms with Crippen LogP contribution in [0.5, 0.6) is 0 Å². The third-order valence-corrected chi connectivity index (χ3v) is 7.20. The van der Waals surface area contributed by atoms with Gasteiger partial charge in [-0.25, -0.2) is 22.5 Å². The lowest BCUT2D eigenvalue weighted by molar-refractivity contribution is -0.150. The number of benzene rings is 1. The van der Waals surface area contributed by atoms with E-state index in [9.17, 15) is 27.2 Å². The van der Waals surface area contributed by atoms with Gasteiger partial charge >= 0.3 is 0 Å². The van der Waals surface area contributed by atoms with Crippen molar-refractivity contribution in [1.29, 1.82) is 0 Å². The van der Waals surface area contributed by atoms with E-state index in [2.05, 4.69) is 10.3 Å². The molecule has 3 aliphatic rings. The van der Waals surface area contributed by atoms with Gasteiger partial charge in [0.05, 0.1) is 21.8 Å². The highest BCUT2D eigenvalue weighted by Gasteiger charge is 2.59. The van der Waals surface area contributed by atoms with Crippen molar-refractivity contribution in [1.82, 2.24) is 19.8 Å². The summed E-state index contributed by atoms with van der Waals surface area (Å²) in [6, 6.07) is 1.81. The number of imidazole rings is 1. The molecule has 2 saturated carbocycles. The Labute approximate surface area is 198 Å². The minimum atomic E-state index is -2.83. The van der Waals surface area contributed by atoms with Crippen LogP contribution in [-0.2, 0) is 17.9 Å². The highest BCUT2D eigenvalue weighted by atomic mass is 35.5. The summed E-state index contributed by atoms with van der Waals surface area (Å²) < 4.78 is 56.7. The van der Waals surface area contributed by atoms with Crippen LogP contribution in [-0.4, -0.2) is 51.2 Å². The highest BCUT2D eigenvalue weighted by Crippen LogP contribution is 2.49. The summed E-state index contributed by atoms with van der Waals surface area (Å²) in [7, 11) is 1.88. The molecule has 2 fully saturated rings. The number of hydrogen-bond donors (Lipinski definition) is 1. The van der Waals surface area contributed by atoms with E-state index in [0.29, 0.717) is 44.1 Å². The average Bonchev–Trinajstić information content (AvgIpc) is 3.48. The molecule has 0 radical (unpaired) electrons. The summed E-state index contributed by atoms with van der Waals surface area (Å²) in [5.74, 6) is -6.21. The Hall–Kier alpha value is -2.46. The van der Waals surface area contributed by atoms with Crippen molar-refractivity contribution in [2.24, 2.45) is 5.92 Å². The molecule has 5 rings (SSSR count). The molecule has 1 aromatic heterocycles. The van der Waals surface area contributed by atoms with Crippen LogP contribution >= 0.6 is 11.6 Å². The first-order chi connectivity index (χ1) is 16.0. The van der Waals surface area contributed by atoms with Crippen LogP contribution in [0.25, 0.3) is 11.4 Å². The molecule has 0 atom stereocenters. The second kappa shape index (κ2) is 8.05. The number of fused-ring (bicyclic) bond motifs is 1. The molecule has 182 valence electrons. The van der Waals surface area contributed by atoms with Crippen molar-refractivity contribution in [3.8, 4) is 11.4 Å². The zero-order chi connectivity index (χ0) is 24.4. The van der Waals surface area contributed by atoms with Gasteiger partial charge in [-0.3, -0.25) is 9.59 Å². The number of carbonyl (C=O) groups is 2. The van der Waals surface area contributed by atoms with Crippen LogP contribution in [0, 0.1) is 17.6 Å². The van der Waals surface area contributed by atoms with Crippen molar-refractivity contribution >= 4 is 23.3 Å². The highest BCUT2D eigenvalue weighted by molar-refractivity contribution is 6.31. The van der Waals surface area contributed by atoms with Crippen LogP contribution in [0.3, 0.4) is 0 Å². The molecule has 2 aliphatic carbocycles. The average molecular weight is 499 g/mol. The molecule has 1 N–H and O–H groups in total. The van der Waals surface area contributed by atoms with E-state index in [1.54, 1.807) is 4.57 Å². The smallest absolute Gasteiger partial charge is 0.272 e. The van der Waals surface area contributed by atoms with Gasteiger partial charge in [0.2, 0.25) is 5.92 Å². The summed E-state index contributed by atoms with van der Waals surface area (Å²) in [5, 5.41) is 2.46. The second-order valence-corrected chi connectivity index (χ2v) is 9.99. The first-order valence-corrected chi connectivity index (χ1v) is 11.5. The van der Waals surface area contributed by atoms with E-state index < -0.39 is 47.8 Å². The van der Waals surface area contributed by atoms with Crippen molar-refractivity contribution in [2.45, 2.75) is 56.7 Å². The lowest BCUT2D eigenvalue weighted by Crippen LogP contribution is -2.51. The molecule has 1 amide bonds. The van der Waals surface area contributed by atoms with Gasteiger partial charge in [-0.2, -0.15) is 0 Å². The van der Waals surface area contributed by atoms with E-state index in [0.717, 1.165) is 12.6 Å². The maximum absolute atomic E-state index is 14.7. The van der Waals surface area contributed by atoms with Gasteiger partial charge < -0.3 is 14.8 Å². The molecule has 1 aromatic carbocycles. The van der Waals surface area contributed by atoms with Crippen molar-refractivity contribution in [3.63, 3.8) is 0 Å². The minimum absolute atomic E-state index is 0.0293. The molecule has 11 heteroatoms. The van der Waals surface area contributed by atoms with E-state index in [1.165, 1.54) is 0 Å². The van der Waals surface area contributed by atoms with Gasteiger partial charge in [-0.1, -0.05) is 11.6 Å². The summed E-state index contributed by atoms with van der Waals surface area (Å²) in [6.45, 7) is 1.53. The third kappa shape index (κ3) is 4.00. The Morgan fingerprint density at radius 1 is 1.15 bits per heavy atom.